The van der Waals surface area contributed by atoms with Gasteiger partial charge in [-0.05, 0) is 25.1 Å². The van der Waals surface area contributed by atoms with Crippen molar-refractivity contribution in [2.45, 2.75) is 13.3 Å². The molecule has 1 saturated heterocycles. The Morgan fingerprint density at radius 2 is 2.32 bits per heavy atom. The van der Waals surface area contributed by atoms with Crippen molar-refractivity contribution in [3.63, 3.8) is 0 Å². The van der Waals surface area contributed by atoms with E-state index in [4.69, 9.17) is 0 Å². The van der Waals surface area contributed by atoms with E-state index in [1.54, 1.807) is 11.1 Å². The summed E-state index contributed by atoms with van der Waals surface area (Å²) in [6.07, 6.45) is 1.94. The van der Waals surface area contributed by atoms with Gasteiger partial charge in [-0.1, -0.05) is 22.0 Å². The van der Waals surface area contributed by atoms with E-state index in [9.17, 15) is 9.59 Å². The van der Waals surface area contributed by atoms with Crippen molar-refractivity contribution < 1.29 is 9.59 Å². The molecule has 1 N–H and O–H groups in total. The van der Waals surface area contributed by atoms with E-state index in [0.717, 1.165) is 15.0 Å². The van der Waals surface area contributed by atoms with E-state index in [2.05, 4.69) is 26.2 Å². The molecule has 3 rings (SSSR count). The molecule has 2 amide bonds. The molecule has 2 heterocycles. The van der Waals surface area contributed by atoms with Crippen LogP contribution < -0.4 is 10.2 Å². The van der Waals surface area contributed by atoms with Crippen LogP contribution in [0.5, 0.6) is 0 Å². The minimum atomic E-state index is -0.351. The number of thiazole rings is 1. The first kappa shape index (κ1) is 15.2. The van der Waals surface area contributed by atoms with Crippen LogP contribution in [0, 0.1) is 12.8 Å². The molecule has 0 bridgehead atoms. The molecular weight excluding hydrogens is 366 g/mol. The van der Waals surface area contributed by atoms with E-state index in [-0.39, 0.29) is 24.2 Å². The van der Waals surface area contributed by atoms with Crippen LogP contribution in [0.2, 0.25) is 0 Å². The van der Waals surface area contributed by atoms with Crippen LogP contribution >= 0.6 is 27.3 Å². The van der Waals surface area contributed by atoms with Gasteiger partial charge < -0.3 is 10.2 Å². The lowest BCUT2D eigenvalue weighted by molar-refractivity contribution is -0.122. The molecule has 5 nitrogen and oxygen atoms in total. The van der Waals surface area contributed by atoms with Crippen LogP contribution in [0.25, 0.3) is 0 Å². The summed E-state index contributed by atoms with van der Waals surface area (Å²) in [4.78, 5) is 31.3. The second kappa shape index (κ2) is 6.18. The third kappa shape index (κ3) is 3.20. The summed E-state index contributed by atoms with van der Waals surface area (Å²) in [6, 6.07) is 7.52. The lowest BCUT2D eigenvalue weighted by atomic mass is 10.1. The number of hydrogen-bond donors (Lipinski definition) is 1. The average Bonchev–Trinajstić information content (AvgIpc) is 3.05. The van der Waals surface area contributed by atoms with Gasteiger partial charge in [0.1, 0.15) is 0 Å². The summed E-state index contributed by atoms with van der Waals surface area (Å²) >= 11 is 4.82. The van der Waals surface area contributed by atoms with Crippen LogP contribution in [0.4, 0.5) is 10.8 Å². The van der Waals surface area contributed by atoms with Gasteiger partial charge in [0.15, 0.2) is 5.13 Å². The fourth-order valence-electron chi connectivity index (χ4n) is 2.40. The van der Waals surface area contributed by atoms with Crippen LogP contribution in [-0.2, 0) is 9.59 Å². The number of carbonyl (C=O) groups is 2. The van der Waals surface area contributed by atoms with Gasteiger partial charge in [0.05, 0.1) is 5.92 Å². The summed E-state index contributed by atoms with van der Waals surface area (Å²) < 4.78 is 0.906. The second-order valence-corrected chi connectivity index (χ2v) is 7.30. The highest BCUT2D eigenvalue weighted by Gasteiger charge is 2.35. The van der Waals surface area contributed by atoms with Gasteiger partial charge in [0.2, 0.25) is 11.8 Å². The molecule has 1 aliphatic heterocycles. The molecule has 0 aliphatic carbocycles. The maximum atomic E-state index is 12.3. The Morgan fingerprint density at radius 1 is 1.50 bits per heavy atom. The van der Waals surface area contributed by atoms with Gasteiger partial charge in [-0.3, -0.25) is 9.59 Å². The number of amides is 2. The van der Waals surface area contributed by atoms with Crippen molar-refractivity contribution in [3.05, 3.63) is 39.8 Å². The minimum absolute atomic E-state index is 0.0337. The Balaban J connectivity index is 1.70. The fourth-order valence-corrected chi connectivity index (χ4v) is 3.45. The lowest BCUT2D eigenvalue weighted by Crippen LogP contribution is -2.28. The summed E-state index contributed by atoms with van der Waals surface area (Å²) in [5, 5.41) is 3.37. The normalized spacial score (nSPS) is 17.8. The fraction of sp³-hybridized carbons (Fsp3) is 0.267. The predicted octanol–water partition coefficient (Wildman–Crippen LogP) is 3.21. The number of nitrogens with zero attached hydrogens (tertiary/aromatic N) is 2. The number of nitrogens with one attached hydrogen (secondary N) is 1. The number of anilines is 2. The van der Waals surface area contributed by atoms with E-state index >= 15 is 0 Å². The molecule has 1 atom stereocenters. The number of hydrogen-bond acceptors (Lipinski definition) is 4. The quantitative estimate of drug-likeness (QED) is 0.890. The molecule has 0 spiro atoms. The third-order valence-corrected chi connectivity index (χ3v) is 4.79. The van der Waals surface area contributed by atoms with Crippen molar-refractivity contribution >= 4 is 49.9 Å². The number of benzene rings is 1. The third-order valence-electron chi connectivity index (χ3n) is 3.47. The number of carbonyl (C=O) groups excluding carboxylic acids is 2. The molecule has 0 radical (unpaired) electrons. The van der Waals surface area contributed by atoms with Crippen molar-refractivity contribution in [2.75, 3.05) is 16.8 Å². The molecule has 7 heteroatoms. The summed E-state index contributed by atoms with van der Waals surface area (Å²) in [5.74, 6) is -0.538. The molecule has 1 aromatic carbocycles. The molecule has 0 saturated carbocycles. The van der Waals surface area contributed by atoms with E-state index in [1.165, 1.54) is 11.3 Å². The van der Waals surface area contributed by atoms with E-state index in [1.807, 2.05) is 31.2 Å². The molecule has 1 aromatic heterocycles. The zero-order chi connectivity index (χ0) is 15.7. The largest absolute Gasteiger partial charge is 0.312 e. The van der Waals surface area contributed by atoms with Crippen LogP contribution in [0.1, 0.15) is 11.3 Å². The Bertz CT molecular complexity index is 731. The maximum Gasteiger partial charge on any atom is 0.231 e. The first-order valence-corrected chi connectivity index (χ1v) is 8.43. The topological polar surface area (TPSA) is 62.3 Å². The standard InChI is InChI=1S/C15H14BrN3O2S/c1-9-7-17-15(22-9)18-14(21)10-5-13(20)19(8-10)12-4-2-3-11(16)6-12/h2-4,6-7,10H,5,8H2,1H3,(H,17,18,21). The van der Waals surface area contributed by atoms with Gasteiger partial charge in [-0.2, -0.15) is 0 Å². The van der Waals surface area contributed by atoms with Crippen LogP contribution in [-0.4, -0.2) is 23.3 Å². The van der Waals surface area contributed by atoms with Gasteiger partial charge >= 0.3 is 0 Å². The van der Waals surface area contributed by atoms with Gasteiger partial charge in [0.25, 0.3) is 0 Å². The van der Waals surface area contributed by atoms with Crippen molar-refractivity contribution in [3.8, 4) is 0 Å². The first-order valence-electron chi connectivity index (χ1n) is 6.82. The summed E-state index contributed by atoms with van der Waals surface area (Å²) in [5.41, 5.74) is 0.805. The highest BCUT2D eigenvalue weighted by Crippen LogP contribution is 2.28. The maximum absolute atomic E-state index is 12.3. The Kier molecular flexibility index (Phi) is 4.26. The Labute approximate surface area is 140 Å². The molecule has 22 heavy (non-hydrogen) atoms. The van der Waals surface area contributed by atoms with Crippen LogP contribution in [0.15, 0.2) is 34.9 Å². The number of halogens is 1. The number of rotatable bonds is 3. The van der Waals surface area contributed by atoms with Gasteiger partial charge in [0, 0.05) is 34.2 Å². The Hall–Kier alpha value is -1.73. The van der Waals surface area contributed by atoms with Gasteiger partial charge in [-0.25, -0.2) is 4.98 Å². The highest BCUT2D eigenvalue weighted by atomic mass is 79.9. The SMILES string of the molecule is Cc1cnc(NC(=O)C2CC(=O)N(c3cccc(Br)c3)C2)s1. The van der Waals surface area contributed by atoms with Gasteiger partial charge in [-0.15, -0.1) is 11.3 Å². The van der Waals surface area contributed by atoms with Crippen molar-refractivity contribution in [2.24, 2.45) is 5.92 Å². The lowest BCUT2D eigenvalue weighted by Gasteiger charge is -2.16. The average molecular weight is 380 g/mol. The molecule has 1 fully saturated rings. The smallest absolute Gasteiger partial charge is 0.231 e. The summed E-state index contributed by atoms with van der Waals surface area (Å²) in [6.45, 7) is 2.33. The number of aryl methyl sites for hydroxylation is 1. The molecular formula is C15H14BrN3O2S. The van der Waals surface area contributed by atoms with Crippen LogP contribution in [0.3, 0.4) is 0 Å². The zero-order valence-corrected chi connectivity index (χ0v) is 14.3. The van der Waals surface area contributed by atoms with Crippen molar-refractivity contribution in [1.29, 1.82) is 0 Å². The predicted molar refractivity (Wildman–Crippen MR) is 90.1 cm³/mol. The molecule has 114 valence electrons. The number of aromatic nitrogens is 1. The monoisotopic (exact) mass is 379 g/mol. The second-order valence-electron chi connectivity index (χ2n) is 5.15. The minimum Gasteiger partial charge on any atom is -0.312 e. The summed E-state index contributed by atoms with van der Waals surface area (Å²) in [7, 11) is 0. The first-order chi connectivity index (χ1) is 10.5. The zero-order valence-electron chi connectivity index (χ0n) is 11.9. The van der Waals surface area contributed by atoms with E-state index in [0.29, 0.717) is 11.7 Å². The Morgan fingerprint density at radius 3 is 3.00 bits per heavy atom. The molecule has 1 unspecified atom stereocenters. The van der Waals surface area contributed by atoms with E-state index < -0.39 is 0 Å². The molecule has 2 aromatic rings. The van der Waals surface area contributed by atoms with Crippen molar-refractivity contribution in [1.82, 2.24) is 4.98 Å². The highest BCUT2D eigenvalue weighted by molar-refractivity contribution is 9.10. The molecule has 1 aliphatic rings.